The SMILES string of the molecule is COc1ccc(N2CCN(CC(N)=O)[C@@H](Cc3ccccc3)C2)c2ccc(C)nc12. The molecule has 1 atom stereocenters. The zero-order chi connectivity index (χ0) is 21.1. The van der Waals surface area contributed by atoms with E-state index in [9.17, 15) is 4.79 Å². The third-order valence-corrected chi connectivity index (χ3v) is 5.77. The summed E-state index contributed by atoms with van der Waals surface area (Å²) in [6.07, 6.45) is 0.871. The molecule has 1 saturated heterocycles. The van der Waals surface area contributed by atoms with Crippen molar-refractivity contribution in [1.82, 2.24) is 9.88 Å². The van der Waals surface area contributed by atoms with Gasteiger partial charge in [-0.15, -0.1) is 0 Å². The molecule has 4 rings (SSSR count). The van der Waals surface area contributed by atoms with Crippen LogP contribution >= 0.6 is 0 Å². The second kappa shape index (κ2) is 8.71. The van der Waals surface area contributed by atoms with Crippen molar-refractivity contribution in [2.24, 2.45) is 5.73 Å². The Labute approximate surface area is 177 Å². The number of primary amides is 1. The second-order valence-corrected chi connectivity index (χ2v) is 7.86. The van der Waals surface area contributed by atoms with Gasteiger partial charge >= 0.3 is 0 Å². The smallest absolute Gasteiger partial charge is 0.231 e. The fourth-order valence-corrected chi connectivity index (χ4v) is 4.31. The lowest BCUT2D eigenvalue weighted by Crippen LogP contribution is -2.56. The summed E-state index contributed by atoms with van der Waals surface area (Å²) >= 11 is 0. The standard InChI is InChI=1S/C24H28N4O2/c1-17-8-9-20-21(10-11-22(30-2)24(20)26-17)28-13-12-27(16-23(25)29)19(15-28)14-18-6-4-3-5-7-18/h3-11,19H,12-16H2,1-2H3,(H2,25,29)/t19-/m0/s1. The number of piperazine rings is 1. The van der Waals surface area contributed by atoms with Crippen molar-refractivity contribution in [1.29, 1.82) is 0 Å². The first-order valence-electron chi connectivity index (χ1n) is 10.3. The number of anilines is 1. The zero-order valence-electron chi connectivity index (χ0n) is 17.5. The number of aromatic nitrogens is 1. The molecule has 6 nitrogen and oxygen atoms in total. The van der Waals surface area contributed by atoms with E-state index in [1.807, 2.05) is 25.1 Å². The summed E-state index contributed by atoms with van der Waals surface area (Å²) in [5.41, 5.74) is 9.78. The molecule has 156 valence electrons. The number of hydrogen-bond acceptors (Lipinski definition) is 5. The average molecular weight is 405 g/mol. The Balaban J connectivity index is 1.66. The first kappa shape index (κ1) is 20.2. The number of aryl methyl sites for hydroxylation is 1. The maximum atomic E-state index is 11.6. The number of pyridine rings is 1. The number of nitrogens with zero attached hydrogens (tertiary/aromatic N) is 3. The van der Waals surface area contributed by atoms with E-state index in [1.54, 1.807) is 7.11 Å². The Morgan fingerprint density at radius 1 is 1.13 bits per heavy atom. The number of amides is 1. The number of methoxy groups -OCH3 is 1. The number of ether oxygens (including phenoxy) is 1. The van der Waals surface area contributed by atoms with Crippen LogP contribution in [0.25, 0.3) is 10.9 Å². The maximum absolute atomic E-state index is 11.6. The second-order valence-electron chi connectivity index (χ2n) is 7.86. The number of carbonyl (C=O) groups excluding carboxylic acids is 1. The lowest BCUT2D eigenvalue weighted by molar-refractivity contribution is -0.119. The molecule has 0 radical (unpaired) electrons. The van der Waals surface area contributed by atoms with Gasteiger partial charge in [0.1, 0.15) is 11.3 Å². The molecule has 30 heavy (non-hydrogen) atoms. The lowest BCUT2D eigenvalue weighted by Gasteiger charge is -2.42. The predicted octanol–water partition coefficient (Wildman–Crippen LogP) is 2.77. The molecule has 0 bridgehead atoms. The van der Waals surface area contributed by atoms with Crippen molar-refractivity contribution >= 4 is 22.5 Å². The Bertz CT molecular complexity index is 1040. The van der Waals surface area contributed by atoms with Crippen LogP contribution in [0.4, 0.5) is 5.69 Å². The first-order valence-corrected chi connectivity index (χ1v) is 10.3. The normalized spacial score (nSPS) is 17.3. The maximum Gasteiger partial charge on any atom is 0.231 e. The highest BCUT2D eigenvalue weighted by Gasteiger charge is 2.29. The van der Waals surface area contributed by atoms with Gasteiger partial charge in [-0.05, 0) is 43.2 Å². The molecule has 0 spiro atoms. The predicted molar refractivity (Wildman–Crippen MR) is 120 cm³/mol. The Morgan fingerprint density at radius 2 is 1.93 bits per heavy atom. The van der Waals surface area contributed by atoms with Crippen molar-refractivity contribution < 1.29 is 9.53 Å². The molecule has 1 fully saturated rings. The Kier molecular flexibility index (Phi) is 5.86. The van der Waals surface area contributed by atoms with Gasteiger partial charge in [0.05, 0.1) is 13.7 Å². The number of nitrogens with two attached hydrogens (primary N) is 1. The monoisotopic (exact) mass is 404 g/mol. The van der Waals surface area contributed by atoms with E-state index in [0.29, 0.717) is 0 Å². The van der Waals surface area contributed by atoms with E-state index < -0.39 is 0 Å². The number of hydrogen-bond donors (Lipinski definition) is 1. The number of fused-ring (bicyclic) bond motifs is 1. The topological polar surface area (TPSA) is 71.7 Å². The molecule has 0 aliphatic carbocycles. The van der Waals surface area contributed by atoms with Crippen LogP contribution in [0, 0.1) is 6.92 Å². The van der Waals surface area contributed by atoms with Crippen LogP contribution in [0.2, 0.25) is 0 Å². The van der Waals surface area contributed by atoms with Crippen LogP contribution in [-0.2, 0) is 11.2 Å². The minimum absolute atomic E-state index is 0.198. The molecule has 1 amide bonds. The van der Waals surface area contributed by atoms with Gasteiger partial charge in [-0.2, -0.15) is 0 Å². The molecular weight excluding hydrogens is 376 g/mol. The summed E-state index contributed by atoms with van der Waals surface area (Å²) in [4.78, 5) is 21.0. The number of benzene rings is 2. The van der Waals surface area contributed by atoms with Gasteiger partial charge in [-0.3, -0.25) is 9.69 Å². The van der Waals surface area contributed by atoms with E-state index >= 15 is 0 Å². The third kappa shape index (κ3) is 4.24. The molecule has 2 aromatic carbocycles. The van der Waals surface area contributed by atoms with Gasteiger partial charge < -0.3 is 15.4 Å². The van der Waals surface area contributed by atoms with Gasteiger partial charge in [0.15, 0.2) is 0 Å². The average Bonchev–Trinajstić information content (AvgIpc) is 2.74. The summed E-state index contributed by atoms with van der Waals surface area (Å²) in [7, 11) is 1.68. The largest absolute Gasteiger partial charge is 0.494 e. The van der Waals surface area contributed by atoms with Crippen LogP contribution < -0.4 is 15.4 Å². The first-order chi connectivity index (χ1) is 14.5. The van der Waals surface area contributed by atoms with Gasteiger partial charge in [0.25, 0.3) is 0 Å². The molecular formula is C24H28N4O2. The fourth-order valence-electron chi connectivity index (χ4n) is 4.31. The molecule has 1 aliphatic rings. The van der Waals surface area contributed by atoms with Gasteiger partial charge in [-0.1, -0.05) is 30.3 Å². The number of rotatable bonds is 6. The van der Waals surface area contributed by atoms with Crippen molar-refractivity contribution in [3.8, 4) is 5.75 Å². The molecule has 6 heteroatoms. The molecule has 1 aliphatic heterocycles. The highest BCUT2D eigenvalue weighted by atomic mass is 16.5. The van der Waals surface area contributed by atoms with Crippen molar-refractivity contribution in [3.05, 3.63) is 65.9 Å². The van der Waals surface area contributed by atoms with Gasteiger partial charge in [-0.25, -0.2) is 4.98 Å². The molecule has 2 heterocycles. The Morgan fingerprint density at radius 3 is 2.67 bits per heavy atom. The summed E-state index contributed by atoms with van der Waals surface area (Å²) in [5, 5.41) is 1.08. The highest BCUT2D eigenvalue weighted by Crippen LogP contribution is 2.34. The van der Waals surface area contributed by atoms with Gasteiger partial charge in [0, 0.05) is 42.4 Å². The van der Waals surface area contributed by atoms with E-state index in [-0.39, 0.29) is 18.5 Å². The van der Waals surface area contributed by atoms with E-state index in [1.165, 1.54) is 5.56 Å². The van der Waals surface area contributed by atoms with Crippen LogP contribution in [0.5, 0.6) is 5.75 Å². The summed E-state index contributed by atoms with van der Waals surface area (Å²) in [6.45, 7) is 4.71. The minimum atomic E-state index is -0.281. The molecule has 2 N–H and O–H groups in total. The minimum Gasteiger partial charge on any atom is -0.494 e. The summed E-state index contributed by atoms with van der Waals surface area (Å²) < 4.78 is 5.55. The van der Waals surface area contributed by atoms with E-state index in [2.05, 4.69) is 46.2 Å². The van der Waals surface area contributed by atoms with Gasteiger partial charge in [0.2, 0.25) is 5.91 Å². The van der Waals surface area contributed by atoms with Crippen LogP contribution in [0.3, 0.4) is 0 Å². The van der Waals surface area contributed by atoms with Crippen molar-refractivity contribution in [3.63, 3.8) is 0 Å². The van der Waals surface area contributed by atoms with Crippen LogP contribution in [-0.4, -0.2) is 55.1 Å². The van der Waals surface area contributed by atoms with Crippen molar-refractivity contribution in [2.75, 3.05) is 38.2 Å². The van der Waals surface area contributed by atoms with Crippen LogP contribution in [0.15, 0.2) is 54.6 Å². The molecule has 3 aromatic rings. The zero-order valence-corrected chi connectivity index (χ0v) is 17.5. The van der Waals surface area contributed by atoms with Crippen LogP contribution in [0.1, 0.15) is 11.3 Å². The quantitative estimate of drug-likeness (QED) is 0.684. The van der Waals surface area contributed by atoms with E-state index in [4.69, 9.17) is 15.5 Å². The summed E-state index contributed by atoms with van der Waals surface area (Å²) in [5.74, 6) is 0.502. The lowest BCUT2D eigenvalue weighted by atomic mass is 10.0. The Hall–Kier alpha value is -3.12. The van der Waals surface area contributed by atoms with Crippen molar-refractivity contribution in [2.45, 2.75) is 19.4 Å². The molecule has 0 unspecified atom stereocenters. The molecule has 0 saturated carbocycles. The fraction of sp³-hybridized carbons (Fsp3) is 0.333. The summed E-state index contributed by atoms with van der Waals surface area (Å²) in [6, 6.07) is 18.9. The number of carbonyl (C=O) groups is 1. The third-order valence-electron chi connectivity index (χ3n) is 5.77. The molecule has 1 aromatic heterocycles. The highest BCUT2D eigenvalue weighted by molar-refractivity contribution is 5.96. The van der Waals surface area contributed by atoms with E-state index in [0.717, 1.165) is 54.1 Å².